The van der Waals surface area contributed by atoms with Gasteiger partial charge in [-0.1, -0.05) is 0 Å². The summed E-state index contributed by atoms with van der Waals surface area (Å²) in [6.45, 7) is 1.59. The monoisotopic (exact) mass is 173 g/mol. The van der Waals surface area contributed by atoms with Crippen molar-refractivity contribution in [2.45, 2.75) is 19.0 Å². The molecule has 2 amide bonds. The van der Waals surface area contributed by atoms with Crippen molar-refractivity contribution in [1.29, 1.82) is 0 Å². The van der Waals surface area contributed by atoms with E-state index in [1.807, 2.05) is 0 Å². The lowest BCUT2D eigenvalue weighted by molar-refractivity contribution is -0.137. The summed E-state index contributed by atoms with van der Waals surface area (Å²) < 4.78 is 0. The predicted octanol–water partition coefficient (Wildman–Crippen LogP) is -2.12. The zero-order valence-corrected chi connectivity index (χ0v) is 6.66. The third-order valence-electron chi connectivity index (χ3n) is 1.65. The number of nitrogens with two attached hydrogens (primary N) is 1. The third-order valence-corrected chi connectivity index (χ3v) is 1.65. The molecule has 0 unspecified atom stereocenters. The van der Waals surface area contributed by atoms with Gasteiger partial charge in [0.15, 0.2) is 0 Å². The molecule has 1 fully saturated rings. The summed E-state index contributed by atoms with van der Waals surface area (Å²) >= 11 is 0. The Labute approximate surface area is 69.4 Å². The van der Waals surface area contributed by atoms with Gasteiger partial charge in [-0.05, 0) is 6.92 Å². The molecular formula is C6H11N3O3. The van der Waals surface area contributed by atoms with Crippen LogP contribution in [0, 0.1) is 0 Å². The molecule has 0 saturated carbocycles. The molecule has 6 nitrogen and oxygen atoms in total. The standard InChI is InChI=1S/C6H11N3O3/c1-3-5(10)9-4(2-12-7)6(11)8-3/h3-4H,2,7H2,1H3,(H,8,11)(H,9,10)/t3-,4-/m1/s1. The highest BCUT2D eigenvalue weighted by molar-refractivity contribution is 5.96. The van der Waals surface area contributed by atoms with Crippen LogP contribution in [0.15, 0.2) is 0 Å². The first kappa shape index (κ1) is 8.95. The molecule has 0 aliphatic carbocycles. The molecule has 2 atom stereocenters. The van der Waals surface area contributed by atoms with E-state index >= 15 is 0 Å². The summed E-state index contributed by atoms with van der Waals surface area (Å²) in [5.74, 6) is 4.27. The molecule has 6 heteroatoms. The zero-order valence-electron chi connectivity index (χ0n) is 6.66. The summed E-state index contributed by atoms with van der Waals surface area (Å²) in [7, 11) is 0. The lowest BCUT2D eigenvalue weighted by Gasteiger charge is -2.26. The average molecular weight is 173 g/mol. The van der Waals surface area contributed by atoms with E-state index in [1.165, 1.54) is 0 Å². The van der Waals surface area contributed by atoms with Gasteiger partial charge in [0, 0.05) is 0 Å². The molecule has 1 heterocycles. The molecule has 0 aromatic carbocycles. The predicted molar refractivity (Wildman–Crippen MR) is 39.7 cm³/mol. The Morgan fingerprint density at radius 3 is 2.67 bits per heavy atom. The summed E-state index contributed by atoms with van der Waals surface area (Å²) in [4.78, 5) is 26.3. The van der Waals surface area contributed by atoms with Crippen LogP contribution in [-0.4, -0.2) is 30.5 Å². The van der Waals surface area contributed by atoms with Gasteiger partial charge in [0.2, 0.25) is 11.8 Å². The second kappa shape index (κ2) is 3.51. The highest BCUT2D eigenvalue weighted by atomic mass is 16.6. The summed E-state index contributed by atoms with van der Waals surface area (Å²) in [6.07, 6.45) is 0. The molecule has 1 saturated heterocycles. The van der Waals surface area contributed by atoms with Crippen molar-refractivity contribution in [3.05, 3.63) is 0 Å². The van der Waals surface area contributed by atoms with Crippen molar-refractivity contribution in [1.82, 2.24) is 10.6 Å². The molecule has 1 aliphatic heterocycles. The summed E-state index contributed by atoms with van der Waals surface area (Å²) in [5.41, 5.74) is 0. The van der Waals surface area contributed by atoms with E-state index in [9.17, 15) is 9.59 Å². The van der Waals surface area contributed by atoms with Crippen LogP contribution < -0.4 is 16.5 Å². The summed E-state index contributed by atoms with van der Waals surface area (Å²) in [6, 6.07) is -1.15. The van der Waals surface area contributed by atoms with Crippen molar-refractivity contribution in [3.63, 3.8) is 0 Å². The van der Waals surface area contributed by atoms with E-state index in [-0.39, 0.29) is 18.4 Å². The summed E-state index contributed by atoms with van der Waals surface area (Å²) in [5, 5.41) is 4.94. The molecule has 1 rings (SSSR count). The van der Waals surface area contributed by atoms with Crippen LogP contribution in [0.4, 0.5) is 0 Å². The Hall–Kier alpha value is -1.14. The van der Waals surface area contributed by atoms with Crippen LogP contribution in [0.3, 0.4) is 0 Å². The minimum absolute atomic E-state index is 0.00963. The molecule has 0 aromatic rings. The SMILES string of the molecule is C[C@H]1NC(=O)[C@@H](CON)NC1=O. The average Bonchev–Trinajstić information content (AvgIpc) is 2.01. The number of carbonyl (C=O) groups is 2. The highest BCUT2D eigenvalue weighted by Gasteiger charge is 2.30. The normalized spacial score (nSPS) is 29.5. The van der Waals surface area contributed by atoms with Gasteiger partial charge in [0.05, 0.1) is 6.61 Å². The van der Waals surface area contributed by atoms with E-state index in [2.05, 4.69) is 15.5 Å². The van der Waals surface area contributed by atoms with E-state index in [1.54, 1.807) is 6.92 Å². The van der Waals surface area contributed by atoms with Crippen molar-refractivity contribution in [2.75, 3.05) is 6.61 Å². The number of hydrogen-bond donors (Lipinski definition) is 3. The second-order valence-electron chi connectivity index (χ2n) is 2.62. The van der Waals surface area contributed by atoms with E-state index < -0.39 is 12.1 Å². The zero-order chi connectivity index (χ0) is 9.14. The largest absolute Gasteiger partial charge is 0.343 e. The fourth-order valence-corrected chi connectivity index (χ4v) is 0.955. The Balaban J connectivity index is 2.55. The topological polar surface area (TPSA) is 93.4 Å². The molecule has 0 radical (unpaired) electrons. The molecule has 4 N–H and O–H groups in total. The number of carbonyl (C=O) groups excluding carboxylic acids is 2. The molecule has 68 valence electrons. The van der Waals surface area contributed by atoms with Gasteiger partial charge >= 0.3 is 0 Å². The Bertz CT molecular complexity index is 206. The minimum Gasteiger partial charge on any atom is -0.343 e. The van der Waals surface area contributed by atoms with Crippen LogP contribution in [0.5, 0.6) is 0 Å². The minimum atomic E-state index is -0.668. The molecule has 0 aromatic heterocycles. The molecule has 12 heavy (non-hydrogen) atoms. The number of nitrogens with one attached hydrogen (secondary N) is 2. The highest BCUT2D eigenvalue weighted by Crippen LogP contribution is 1.95. The number of hydrogen-bond acceptors (Lipinski definition) is 4. The quantitative estimate of drug-likeness (QED) is 0.416. The number of amides is 2. The maximum absolute atomic E-state index is 11.1. The van der Waals surface area contributed by atoms with Crippen molar-refractivity contribution >= 4 is 11.8 Å². The maximum Gasteiger partial charge on any atom is 0.245 e. The smallest absolute Gasteiger partial charge is 0.245 e. The van der Waals surface area contributed by atoms with Crippen molar-refractivity contribution in [2.24, 2.45) is 5.90 Å². The number of rotatable bonds is 2. The fourth-order valence-electron chi connectivity index (χ4n) is 0.955. The van der Waals surface area contributed by atoms with Crippen LogP contribution in [-0.2, 0) is 14.4 Å². The third kappa shape index (κ3) is 1.72. The molecule has 1 aliphatic rings. The number of piperazine rings is 1. The van der Waals surface area contributed by atoms with Gasteiger partial charge in [-0.15, -0.1) is 0 Å². The van der Waals surface area contributed by atoms with E-state index in [4.69, 9.17) is 5.90 Å². The Morgan fingerprint density at radius 1 is 1.42 bits per heavy atom. The van der Waals surface area contributed by atoms with Gasteiger partial charge in [-0.2, -0.15) is 0 Å². The molecular weight excluding hydrogens is 162 g/mol. The Morgan fingerprint density at radius 2 is 2.08 bits per heavy atom. The van der Waals surface area contributed by atoms with E-state index in [0.29, 0.717) is 0 Å². The van der Waals surface area contributed by atoms with Gasteiger partial charge in [0.1, 0.15) is 12.1 Å². The van der Waals surface area contributed by atoms with Gasteiger partial charge in [0.25, 0.3) is 0 Å². The Kier molecular flexibility index (Phi) is 2.61. The first-order chi connectivity index (χ1) is 5.65. The molecule has 0 spiro atoms. The van der Waals surface area contributed by atoms with Crippen molar-refractivity contribution in [3.8, 4) is 0 Å². The lowest BCUT2D eigenvalue weighted by Crippen LogP contribution is -2.62. The van der Waals surface area contributed by atoms with Gasteiger partial charge in [-0.3, -0.25) is 9.59 Å². The van der Waals surface area contributed by atoms with Crippen LogP contribution in [0.1, 0.15) is 6.92 Å². The molecule has 0 bridgehead atoms. The second-order valence-corrected chi connectivity index (χ2v) is 2.62. The maximum atomic E-state index is 11.1. The van der Waals surface area contributed by atoms with Gasteiger partial charge in [-0.25, -0.2) is 5.90 Å². The fraction of sp³-hybridized carbons (Fsp3) is 0.667. The van der Waals surface area contributed by atoms with Crippen LogP contribution in [0.2, 0.25) is 0 Å². The van der Waals surface area contributed by atoms with Crippen LogP contribution in [0.25, 0.3) is 0 Å². The lowest BCUT2D eigenvalue weighted by atomic mass is 10.1. The van der Waals surface area contributed by atoms with Crippen LogP contribution >= 0.6 is 0 Å². The van der Waals surface area contributed by atoms with E-state index in [0.717, 1.165) is 0 Å². The first-order valence-corrected chi connectivity index (χ1v) is 3.57. The van der Waals surface area contributed by atoms with Gasteiger partial charge < -0.3 is 15.5 Å². The first-order valence-electron chi connectivity index (χ1n) is 3.57. The van der Waals surface area contributed by atoms with Crippen molar-refractivity contribution < 1.29 is 14.4 Å².